The first-order chi connectivity index (χ1) is 8.65. The monoisotopic (exact) mass is 268 g/mol. The van der Waals surface area contributed by atoms with E-state index in [0.717, 1.165) is 12.8 Å². The maximum absolute atomic E-state index is 12.0. The number of aromatic amines is 1. The van der Waals surface area contributed by atoms with Crippen molar-refractivity contribution in [3.63, 3.8) is 0 Å². The predicted molar refractivity (Wildman–Crippen MR) is 66.7 cm³/mol. The number of fused-ring (bicyclic) bond motifs is 1. The number of H-pyrrole nitrogens is 1. The Labute approximate surface area is 108 Å². The second-order valence-electron chi connectivity index (χ2n) is 4.64. The summed E-state index contributed by atoms with van der Waals surface area (Å²) in [7, 11) is 0. The molecule has 0 unspecified atom stereocenters. The van der Waals surface area contributed by atoms with Crippen LogP contribution in [0.4, 0.5) is 0 Å². The molecule has 0 radical (unpaired) electrons. The zero-order valence-corrected chi connectivity index (χ0v) is 10.4. The van der Waals surface area contributed by atoms with Crippen molar-refractivity contribution in [3.05, 3.63) is 22.0 Å². The third kappa shape index (κ3) is 1.91. The fourth-order valence-corrected chi connectivity index (χ4v) is 2.68. The van der Waals surface area contributed by atoms with Gasteiger partial charge in [0.25, 0.3) is 0 Å². The largest absolute Gasteiger partial charge is 0.393 e. The highest BCUT2D eigenvalue weighted by Gasteiger charge is 2.24. The van der Waals surface area contributed by atoms with Gasteiger partial charge >= 0.3 is 5.69 Å². The summed E-state index contributed by atoms with van der Waals surface area (Å²) in [6.07, 6.45) is 4.23. The lowest BCUT2D eigenvalue weighted by Crippen LogP contribution is -2.27. The maximum atomic E-state index is 12.0. The predicted octanol–water partition coefficient (Wildman–Crippen LogP) is 1.25. The molecule has 2 aromatic rings. The molecule has 0 amide bonds. The smallest absolute Gasteiger partial charge is 0.327 e. The fraction of sp³-hybridized carbons (Fsp3) is 0.545. The van der Waals surface area contributed by atoms with E-state index in [1.165, 1.54) is 6.20 Å². The molecular formula is C11H13ClN4O2. The van der Waals surface area contributed by atoms with E-state index in [4.69, 9.17) is 11.6 Å². The van der Waals surface area contributed by atoms with Crippen molar-refractivity contribution in [1.29, 1.82) is 0 Å². The van der Waals surface area contributed by atoms with E-state index in [1.807, 2.05) is 0 Å². The van der Waals surface area contributed by atoms with Crippen LogP contribution in [0.3, 0.4) is 0 Å². The van der Waals surface area contributed by atoms with Crippen molar-refractivity contribution in [2.45, 2.75) is 37.8 Å². The number of nitrogens with zero attached hydrogens (tertiary/aromatic N) is 3. The number of imidazole rings is 1. The number of aromatic nitrogens is 4. The Morgan fingerprint density at radius 2 is 2.11 bits per heavy atom. The highest BCUT2D eigenvalue weighted by atomic mass is 35.5. The lowest BCUT2D eigenvalue weighted by atomic mass is 9.93. The van der Waals surface area contributed by atoms with Crippen molar-refractivity contribution < 1.29 is 5.11 Å². The van der Waals surface area contributed by atoms with Gasteiger partial charge in [-0.1, -0.05) is 0 Å². The summed E-state index contributed by atoms with van der Waals surface area (Å²) in [4.78, 5) is 22.7. The summed E-state index contributed by atoms with van der Waals surface area (Å²) in [5.41, 5.74) is 0.944. The second kappa shape index (κ2) is 4.37. The molecule has 6 nitrogen and oxygen atoms in total. The Kier molecular flexibility index (Phi) is 2.83. The molecule has 2 N–H and O–H groups in total. The topological polar surface area (TPSA) is 83.8 Å². The molecule has 0 aromatic carbocycles. The van der Waals surface area contributed by atoms with E-state index >= 15 is 0 Å². The molecule has 0 bridgehead atoms. The normalized spacial score (nSPS) is 24.6. The Hall–Kier alpha value is -1.40. The van der Waals surface area contributed by atoms with Gasteiger partial charge in [0.2, 0.25) is 5.28 Å². The van der Waals surface area contributed by atoms with Crippen molar-refractivity contribution in [1.82, 2.24) is 19.5 Å². The molecule has 0 atom stereocenters. The van der Waals surface area contributed by atoms with E-state index in [0.29, 0.717) is 24.0 Å². The molecule has 1 aliphatic carbocycles. The van der Waals surface area contributed by atoms with Gasteiger partial charge in [-0.2, -0.15) is 4.98 Å². The molecule has 96 valence electrons. The second-order valence-corrected chi connectivity index (χ2v) is 4.98. The van der Waals surface area contributed by atoms with E-state index in [2.05, 4.69) is 15.0 Å². The summed E-state index contributed by atoms with van der Waals surface area (Å²) in [6, 6.07) is 0.0700. The van der Waals surface area contributed by atoms with Crippen LogP contribution in [0.1, 0.15) is 31.7 Å². The van der Waals surface area contributed by atoms with Crippen LogP contribution in [-0.4, -0.2) is 30.7 Å². The van der Waals surface area contributed by atoms with Crippen molar-refractivity contribution in [2.75, 3.05) is 0 Å². The number of hydrogen-bond donors (Lipinski definition) is 2. The van der Waals surface area contributed by atoms with Crippen molar-refractivity contribution >= 4 is 22.8 Å². The standard InChI is InChI=1S/C11H13ClN4O2/c12-10-13-5-8-9(15-10)16(11(18)14-8)6-1-3-7(17)4-2-6/h5-7,17H,1-4H2,(H,14,18)/t6-,7-. The Balaban J connectivity index is 2.08. The highest BCUT2D eigenvalue weighted by Crippen LogP contribution is 2.29. The summed E-state index contributed by atoms with van der Waals surface area (Å²) >= 11 is 5.77. The quantitative estimate of drug-likeness (QED) is 0.763. The molecule has 18 heavy (non-hydrogen) atoms. The minimum absolute atomic E-state index is 0.0700. The first kappa shape index (κ1) is 11.7. The van der Waals surface area contributed by atoms with Gasteiger partial charge in [0, 0.05) is 6.04 Å². The molecule has 2 aromatic heterocycles. The van der Waals surface area contributed by atoms with Crippen LogP contribution >= 0.6 is 11.6 Å². The lowest BCUT2D eigenvalue weighted by Gasteiger charge is -2.25. The van der Waals surface area contributed by atoms with Crippen LogP contribution in [0.5, 0.6) is 0 Å². The number of nitrogens with one attached hydrogen (secondary N) is 1. The van der Waals surface area contributed by atoms with E-state index in [-0.39, 0.29) is 23.1 Å². The van der Waals surface area contributed by atoms with Gasteiger partial charge < -0.3 is 10.1 Å². The highest BCUT2D eigenvalue weighted by molar-refractivity contribution is 6.28. The van der Waals surface area contributed by atoms with Crippen molar-refractivity contribution in [2.24, 2.45) is 0 Å². The minimum Gasteiger partial charge on any atom is -0.393 e. The minimum atomic E-state index is -0.250. The average molecular weight is 269 g/mol. The first-order valence-electron chi connectivity index (χ1n) is 5.96. The Morgan fingerprint density at radius 3 is 2.83 bits per heavy atom. The summed E-state index contributed by atoms with van der Waals surface area (Å²) in [5, 5.41) is 9.64. The van der Waals surface area contributed by atoms with Crippen LogP contribution < -0.4 is 5.69 Å². The Bertz CT molecular complexity index is 627. The molecule has 0 spiro atoms. The van der Waals surface area contributed by atoms with Gasteiger partial charge in [-0.25, -0.2) is 9.78 Å². The average Bonchev–Trinajstić information content (AvgIpc) is 2.66. The van der Waals surface area contributed by atoms with Crippen LogP contribution in [-0.2, 0) is 0 Å². The van der Waals surface area contributed by atoms with E-state index in [1.54, 1.807) is 4.57 Å². The molecule has 2 heterocycles. The van der Waals surface area contributed by atoms with Gasteiger partial charge in [0.1, 0.15) is 5.52 Å². The van der Waals surface area contributed by atoms with E-state index in [9.17, 15) is 9.90 Å². The third-order valence-electron chi connectivity index (χ3n) is 3.46. The number of aliphatic hydroxyl groups excluding tert-OH is 1. The summed E-state index contributed by atoms with van der Waals surface area (Å²) in [5.74, 6) is 0. The molecule has 7 heteroatoms. The number of aliphatic hydroxyl groups is 1. The first-order valence-corrected chi connectivity index (χ1v) is 6.34. The van der Waals surface area contributed by atoms with Crippen LogP contribution in [0.2, 0.25) is 5.28 Å². The zero-order chi connectivity index (χ0) is 12.7. The van der Waals surface area contributed by atoms with Gasteiger partial charge in [0.05, 0.1) is 12.3 Å². The fourth-order valence-electron chi connectivity index (χ4n) is 2.55. The zero-order valence-electron chi connectivity index (χ0n) is 9.64. The van der Waals surface area contributed by atoms with Gasteiger partial charge in [-0.15, -0.1) is 0 Å². The van der Waals surface area contributed by atoms with Crippen molar-refractivity contribution in [3.8, 4) is 0 Å². The third-order valence-corrected chi connectivity index (χ3v) is 3.64. The SMILES string of the molecule is O=c1[nH]c2cnc(Cl)nc2n1[C@H]1CC[C@H](O)CC1. The molecule has 1 aliphatic rings. The number of halogens is 1. The van der Waals surface area contributed by atoms with Gasteiger partial charge in [-0.3, -0.25) is 4.57 Å². The van der Waals surface area contributed by atoms with E-state index < -0.39 is 0 Å². The van der Waals surface area contributed by atoms with Gasteiger partial charge in [0.15, 0.2) is 5.65 Å². The maximum Gasteiger partial charge on any atom is 0.327 e. The molecule has 3 rings (SSSR count). The molecule has 0 saturated heterocycles. The number of rotatable bonds is 1. The molecular weight excluding hydrogens is 256 g/mol. The molecule has 1 saturated carbocycles. The molecule has 0 aliphatic heterocycles. The van der Waals surface area contributed by atoms with Crippen LogP contribution in [0.15, 0.2) is 11.0 Å². The van der Waals surface area contributed by atoms with Crippen LogP contribution in [0, 0.1) is 0 Å². The summed E-state index contributed by atoms with van der Waals surface area (Å²) < 4.78 is 1.63. The molecule has 1 fully saturated rings. The van der Waals surface area contributed by atoms with Gasteiger partial charge in [-0.05, 0) is 37.3 Å². The lowest BCUT2D eigenvalue weighted by molar-refractivity contribution is 0.111. The van der Waals surface area contributed by atoms with Crippen LogP contribution in [0.25, 0.3) is 11.2 Å². The Morgan fingerprint density at radius 1 is 1.39 bits per heavy atom. The number of hydrogen-bond acceptors (Lipinski definition) is 4. The summed E-state index contributed by atoms with van der Waals surface area (Å²) in [6.45, 7) is 0.